The molecule has 7 heteroatoms. The molecule has 0 atom stereocenters. The number of halogens is 1. The van der Waals surface area contributed by atoms with Gasteiger partial charge in [0.15, 0.2) is 0 Å². The molecule has 6 nitrogen and oxygen atoms in total. The summed E-state index contributed by atoms with van der Waals surface area (Å²) in [5.74, 6) is 0.685. The van der Waals surface area contributed by atoms with E-state index >= 15 is 0 Å². The van der Waals surface area contributed by atoms with Crippen molar-refractivity contribution in [3.63, 3.8) is 0 Å². The number of hydrogen-bond acceptors (Lipinski definition) is 5. The summed E-state index contributed by atoms with van der Waals surface area (Å²) < 4.78 is 5.77. The lowest BCUT2D eigenvalue weighted by Gasteiger charge is -2.11. The summed E-state index contributed by atoms with van der Waals surface area (Å²) >= 11 is 3.24. The number of nitrogens with one attached hydrogen (secondary N) is 1. The molecular weight excluding hydrogens is 340 g/mol. The molecule has 0 bridgehead atoms. The van der Waals surface area contributed by atoms with Crippen molar-refractivity contribution >= 4 is 27.3 Å². The average molecular weight is 353 g/mol. The van der Waals surface area contributed by atoms with Crippen LogP contribution < -0.4 is 10.1 Å². The third kappa shape index (κ3) is 3.63. The highest BCUT2D eigenvalue weighted by Crippen LogP contribution is 2.30. The van der Waals surface area contributed by atoms with E-state index in [1.807, 2.05) is 0 Å². The van der Waals surface area contributed by atoms with Gasteiger partial charge in [0.25, 0.3) is 5.69 Å². The van der Waals surface area contributed by atoms with Gasteiger partial charge in [-0.05, 0) is 39.7 Å². The number of phenols is 1. The summed E-state index contributed by atoms with van der Waals surface area (Å²) in [5.41, 5.74) is 1.44. The van der Waals surface area contributed by atoms with Gasteiger partial charge in [0.2, 0.25) is 0 Å². The van der Waals surface area contributed by atoms with Crippen LogP contribution in [0, 0.1) is 10.1 Å². The molecule has 0 aromatic heterocycles. The first kappa shape index (κ1) is 15.1. The Labute approximate surface area is 129 Å². The minimum Gasteiger partial charge on any atom is -0.507 e. The van der Waals surface area contributed by atoms with E-state index in [0.29, 0.717) is 22.5 Å². The van der Waals surface area contributed by atoms with Crippen molar-refractivity contribution in [2.24, 2.45) is 0 Å². The fourth-order valence-corrected chi connectivity index (χ4v) is 2.23. The van der Waals surface area contributed by atoms with Crippen LogP contribution in [0.3, 0.4) is 0 Å². The minimum atomic E-state index is -0.457. The molecule has 0 aliphatic carbocycles. The third-order valence-corrected chi connectivity index (χ3v) is 3.52. The van der Waals surface area contributed by atoms with Crippen LogP contribution in [0.1, 0.15) is 5.56 Å². The fraction of sp³-hybridized carbons (Fsp3) is 0.143. The van der Waals surface area contributed by atoms with Crippen molar-refractivity contribution < 1.29 is 14.8 Å². The van der Waals surface area contributed by atoms with Gasteiger partial charge in [0, 0.05) is 18.7 Å². The largest absolute Gasteiger partial charge is 0.507 e. The van der Waals surface area contributed by atoms with Gasteiger partial charge < -0.3 is 15.2 Å². The van der Waals surface area contributed by atoms with Gasteiger partial charge in [-0.3, -0.25) is 10.1 Å². The van der Waals surface area contributed by atoms with Gasteiger partial charge in [-0.15, -0.1) is 0 Å². The summed E-state index contributed by atoms with van der Waals surface area (Å²) in [6, 6.07) is 9.47. The molecule has 0 amide bonds. The highest BCUT2D eigenvalue weighted by molar-refractivity contribution is 9.10. The highest BCUT2D eigenvalue weighted by Gasteiger charge is 2.11. The lowest BCUT2D eigenvalue weighted by atomic mass is 10.2. The lowest BCUT2D eigenvalue weighted by Crippen LogP contribution is -2.02. The van der Waals surface area contributed by atoms with Gasteiger partial charge in [-0.1, -0.05) is 6.07 Å². The topological polar surface area (TPSA) is 84.6 Å². The summed E-state index contributed by atoms with van der Waals surface area (Å²) in [7, 11) is 1.50. The number of anilines is 1. The Morgan fingerprint density at radius 2 is 2.10 bits per heavy atom. The van der Waals surface area contributed by atoms with E-state index in [0.717, 1.165) is 5.56 Å². The minimum absolute atomic E-state index is 0.00909. The number of non-ortho nitro benzene ring substituents is 1. The Kier molecular flexibility index (Phi) is 4.64. The molecule has 0 unspecified atom stereocenters. The predicted octanol–water partition coefficient (Wildman–Crippen LogP) is 3.68. The SMILES string of the molecule is COc1ccc([N+](=O)[O-])cc1NCc1ccc(O)c(Br)c1. The van der Waals surface area contributed by atoms with Crippen LogP contribution in [-0.2, 0) is 6.54 Å². The number of rotatable bonds is 5. The third-order valence-electron chi connectivity index (χ3n) is 2.89. The van der Waals surface area contributed by atoms with Crippen LogP contribution >= 0.6 is 15.9 Å². The van der Waals surface area contributed by atoms with Crippen LogP contribution in [-0.4, -0.2) is 17.1 Å². The van der Waals surface area contributed by atoms with E-state index in [-0.39, 0.29) is 11.4 Å². The first-order valence-corrected chi connectivity index (χ1v) is 6.84. The molecule has 110 valence electrons. The van der Waals surface area contributed by atoms with E-state index in [2.05, 4.69) is 21.2 Å². The van der Waals surface area contributed by atoms with Crippen LogP contribution in [0.4, 0.5) is 11.4 Å². The second kappa shape index (κ2) is 6.45. The van der Waals surface area contributed by atoms with Crippen molar-refractivity contribution in [1.29, 1.82) is 0 Å². The summed E-state index contributed by atoms with van der Waals surface area (Å²) in [6.45, 7) is 0.441. The fourth-order valence-electron chi connectivity index (χ4n) is 1.81. The molecule has 2 N–H and O–H groups in total. The number of benzene rings is 2. The van der Waals surface area contributed by atoms with Crippen LogP contribution in [0.5, 0.6) is 11.5 Å². The van der Waals surface area contributed by atoms with Crippen LogP contribution in [0.25, 0.3) is 0 Å². The van der Waals surface area contributed by atoms with E-state index in [1.165, 1.54) is 19.2 Å². The molecule has 0 saturated heterocycles. The van der Waals surface area contributed by atoms with Crippen molar-refractivity contribution in [3.05, 3.63) is 56.5 Å². The van der Waals surface area contributed by atoms with E-state index in [1.54, 1.807) is 24.3 Å². The quantitative estimate of drug-likeness (QED) is 0.633. The molecule has 0 heterocycles. The summed E-state index contributed by atoms with van der Waals surface area (Å²) in [6.07, 6.45) is 0. The molecular formula is C14H13BrN2O4. The van der Waals surface area contributed by atoms with E-state index < -0.39 is 4.92 Å². The zero-order valence-electron chi connectivity index (χ0n) is 11.2. The Bertz CT molecular complexity index is 676. The monoisotopic (exact) mass is 352 g/mol. The molecule has 0 spiro atoms. The number of ether oxygens (including phenoxy) is 1. The van der Waals surface area contributed by atoms with E-state index in [4.69, 9.17) is 4.74 Å². The zero-order valence-corrected chi connectivity index (χ0v) is 12.8. The predicted molar refractivity (Wildman–Crippen MR) is 82.8 cm³/mol. The molecule has 2 rings (SSSR count). The maximum atomic E-state index is 10.8. The maximum Gasteiger partial charge on any atom is 0.271 e. The molecule has 2 aromatic rings. The smallest absolute Gasteiger partial charge is 0.271 e. The number of nitro benzene ring substituents is 1. The lowest BCUT2D eigenvalue weighted by molar-refractivity contribution is -0.384. The second-order valence-electron chi connectivity index (χ2n) is 4.28. The molecule has 0 aliphatic heterocycles. The Balaban J connectivity index is 2.19. The molecule has 0 fully saturated rings. The zero-order chi connectivity index (χ0) is 15.4. The second-order valence-corrected chi connectivity index (χ2v) is 5.14. The normalized spacial score (nSPS) is 10.2. The molecule has 2 aromatic carbocycles. The Morgan fingerprint density at radius 1 is 1.33 bits per heavy atom. The number of nitro groups is 1. The summed E-state index contributed by atoms with van der Waals surface area (Å²) in [4.78, 5) is 10.4. The maximum absolute atomic E-state index is 10.8. The van der Waals surface area contributed by atoms with Gasteiger partial charge in [-0.2, -0.15) is 0 Å². The van der Waals surface area contributed by atoms with Crippen molar-refractivity contribution in [3.8, 4) is 11.5 Å². The van der Waals surface area contributed by atoms with Crippen LogP contribution in [0.2, 0.25) is 0 Å². The van der Waals surface area contributed by atoms with Crippen molar-refractivity contribution in [2.45, 2.75) is 6.54 Å². The van der Waals surface area contributed by atoms with Crippen molar-refractivity contribution in [2.75, 3.05) is 12.4 Å². The van der Waals surface area contributed by atoms with Gasteiger partial charge >= 0.3 is 0 Å². The van der Waals surface area contributed by atoms with Gasteiger partial charge in [-0.25, -0.2) is 0 Å². The van der Waals surface area contributed by atoms with Gasteiger partial charge in [0.05, 0.1) is 22.2 Å². The number of methoxy groups -OCH3 is 1. The summed E-state index contributed by atoms with van der Waals surface area (Å²) in [5, 5.41) is 23.3. The molecule has 21 heavy (non-hydrogen) atoms. The molecule has 0 aliphatic rings. The number of hydrogen-bond donors (Lipinski definition) is 2. The van der Waals surface area contributed by atoms with Crippen molar-refractivity contribution in [1.82, 2.24) is 0 Å². The van der Waals surface area contributed by atoms with Crippen LogP contribution in [0.15, 0.2) is 40.9 Å². The van der Waals surface area contributed by atoms with Gasteiger partial charge in [0.1, 0.15) is 11.5 Å². The number of phenolic OH excluding ortho intramolecular Hbond substituents is 1. The number of nitrogens with zero attached hydrogens (tertiary/aromatic N) is 1. The molecule has 0 saturated carbocycles. The van der Waals surface area contributed by atoms with E-state index in [9.17, 15) is 15.2 Å². The highest BCUT2D eigenvalue weighted by atomic mass is 79.9. The standard InChI is InChI=1S/C14H13BrN2O4/c1-21-14-5-3-10(17(19)20)7-12(14)16-8-9-2-4-13(18)11(15)6-9/h2-7,16,18H,8H2,1H3. The first-order chi connectivity index (χ1) is 10.0. The first-order valence-electron chi connectivity index (χ1n) is 6.05. The average Bonchev–Trinajstić information content (AvgIpc) is 2.48. The number of aromatic hydroxyl groups is 1. The Hall–Kier alpha value is -2.28. The molecule has 0 radical (unpaired) electrons. The Morgan fingerprint density at radius 3 is 2.71 bits per heavy atom.